The molecule has 1 rings (SSSR count). The van der Waals surface area contributed by atoms with Crippen LogP contribution in [-0.2, 0) is 16.1 Å². The number of halogens is 3. The molecule has 2 amide bonds. The molecule has 1 aromatic carbocycles. The first-order valence-corrected chi connectivity index (χ1v) is 5.64. The van der Waals surface area contributed by atoms with Crippen molar-refractivity contribution in [3.05, 3.63) is 29.8 Å². The van der Waals surface area contributed by atoms with Crippen LogP contribution >= 0.6 is 0 Å². The molecule has 110 valence electrons. The fourth-order valence-electron chi connectivity index (χ4n) is 1.62. The van der Waals surface area contributed by atoms with Crippen LogP contribution in [0.25, 0.3) is 0 Å². The minimum atomic E-state index is -4.64. The summed E-state index contributed by atoms with van der Waals surface area (Å²) in [6, 6.07) is 6.29. The van der Waals surface area contributed by atoms with Crippen molar-refractivity contribution in [2.75, 3.05) is 12.3 Å². The predicted octanol–water partition coefficient (Wildman–Crippen LogP) is 1.04. The Balaban J connectivity index is 2.84. The van der Waals surface area contributed by atoms with Crippen LogP contribution in [0.5, 0.6) is 0 Å². The maximum atomic E-state index is 12.2. The van der Waals surface area contributed by atoms with Crippen LogP contribution in [0.15, 0.2) is 24.3 Å². The first kappa shape index (κ1) is 15.8. The summed E-state index contributed by atoms with van der Waals surface area (Å²) >= 11 is 0. The number of alkyl halides is 3. The lowest BCUT2D eigenvalue weighted by atomic mass is 10.2. The van der Waals surface area contributed by atoms with E-state index in [0.717, 1.165) is 4.90 Å². The minimum absolute atomic E-state index is 0.164. The number of hydrogen-bond donors (Lipinski definition) is 2. The number of hydrogen-bond acceptors (Lipinski definition) is 3. The van der Waals surface area contributed by atoms with E-state index in [4.69, 9.17) is 11.5 Å². The standard InChI is InChI=1S/C12H14F3N3O2/c13-12(14,15)5-11(20)18(7-10(17)19)6-8-2-1-3-9(16)4-8/h1-4H,5-7,16H2,(H2,17,19). The van der Waals surface area contributed by atoms with Gasteiger partial charge in [-0.3, -0.25) is 9.59 Å². The fraction of sp³-hybridized carbons (Fsp3) is 0.333. The number of carbonyl (C=O) groups excluding carboxylic acids is 2. The number of nitrogen functional groups attached to an aromatic ring is 1. The Bertz CT molecular complexity index is 503. The Morgan fingerprint density at radius 2 is 1.90 bits per heavy atom. The van der Waals surface area contributed by atoms with Gasteiger partial charge in [0.15, 0.2) is 0 Å². The van der Waals surface area contributed by atoms with Crippen molar-refractivity contribution in [2.24, 2.45) is 5.73 Å². The Morgan fingerprint density at radius 3 is 2.40 bits per heavy atom. The van der Waals surface area contributed by atoms with Gasteiger partial charge in [0, 0.05) is 12.2 Å². The highest BCUT2D eigenvalue weighted by Crippen LogP contribution is 2.21. The molecule has 0 radical (unpaired) electrons. The highest BCUT2D eigenvalue weighted by Gasteiger charge is 2.33. The molecule has 0 heterocycles. The van der Waals surface area contributed by atoms with Crippen LogP contribution in [0.4, 0.5) is 18.9 Å². The predicted molar refractivity (Wildman–Crippen MR) is 66.1 cm³/mol. The molecule has 0 spiro atoms. The molecule has 0 fully saturated rings. The topological polar surface area (TPSA) is 89.4 Å². The number of anilines is 1. The maximum Gasteiger partial charge on any atom is 0.397 e. The summed E-state index contributed by atoms with van der Waals surface area (Å²) in [6.07, 6.45) is -6.27. The quantitative estimate of drug-likeness (QED) is 0.793. The van der Waals surface area contributed by atoms with Gasteiger partial charge in [-0.05, 0) is 17.7 Å². The number of rotatable bonds is 5. The van der Waals surface area contributed by atoms with Gasteiger partial charge >= 0.3 is 6.18 Å². The van der Waals surface area contributed by atoms with Crippen LogP contribution in [-0.4, -0.2) is 29.4 Å². The highest BCUT2D eigenvalue weighted by atomic mass is 19.4. The number of amides is 2. The molecule has 0 aliphatic heterocycles. The van der Waals surface area contributed by atoms with Crippen LogP contribution in [0.2, 0.25) is 0 Å². The van der Waals surface area contributed by atoms with Crippen LogP contribution < -0.4 is 11.5 Å². The smallest absolute Gasteiger partial charge is 0.397 e. The summed E-state index contributed by atoms with van der Waals surface area (Å²) in [5.74, 6) is -2.09. The first-order valence-electron chi connectivity index (χ1n) is 5.64. The van der Waals surface area contributed by atoms with Crippen molar-refractivity contribution in [1.82, 2.24) is 4.90 Å². The lowest BCUT2D eigenvalue weighted by Crippen LogP contribution is -2.39. The molecule has 1 aromatic rings. The summed E-state index contributed by atoms with van der Waals surface area (Å²) in [5.41, 5.74) is 11.4. The molecule has 0 aromatic heterocycles. The van der Waals surface area contributed by atoms with Crippen molar-refractivity contribution in [1.29, 1.82) is 0 Å². The van der Waals surface area contributed by atoms with Gasteiger partial charge in [0.1, 0.15) is 6.42 Å². The molecule has 0 saturated heterocycles. The van der Waals surface area contributed by atoms with Gasteiger partial charge in [0.05, 0.1) is 6.54 Å². The summed E-state index contributed by atoms with van der Waals surface area (Å²) in [7, 11) is 0. The van der Waals surface area contributed by atoms with E-state index in [-0.39, 0.29) is 6.54 Å². The molecule has 0 saturated carbocycles. The van der Waals surface area contributed by atoms with E-state index in [1.165, 1.54) is 6.07 Å². The number of primary amides is 1. The Morgan fingerprint density at radius 1 is 1.25 bits per heavy atom. The second-order valence-corrected chi connectivity index (χ2v) is 4.25. The van der Waals surface area contributed by atoms with Crippen LogP contribution in [0.3, 0.4) is 0 Å². The summed E-state index contributed by atoms with van der Waals surface area (Å²) in [4.78, 5) is 23.2. The molecule has 0 aliphatic rings. The fourth-order valence-corrected chi connectivity index (χ4v) is 1.62. The third kappa shape index (κ3) is 5.59. The summed E-state index contributed by atoms with van der Waals surface area (Å²) in [5, 5.41) is 0. The molecule has 0 bridgehead atoms. The Kier molecular flexibility index (Phi) is 4.95. The largest absolute Gasteiger partial charge is 0.399 e. The van der Waals surface area contributed by atoms with E-state index >= 15 is 0 Å². The normalized spacial score (nSPS) is 11.2. The monoisotopic (exact) mass is 289 g/mol. The summed E-state index contributed by atoms with van der Waals surface area (Å²) < 4.78 is 36.7. The second kappa shape index (κ2) is 6.27. The zero-order valence-corrected chi connectivity index (χ0v) is 10.5. The SMILES string of the molecule is NC(=O)CN(Cc1cccc(N)c1)C(=O)CC(F)(F)F. The Hall–Kier alpha value is -2.25. The van der Waals surface area contributed by atoms with E-state index in [2.05, 4.69) is 0 Å². The van der Waals surface area contributed by atoms with Gasteiger partial charge in [-0.2, -0.15) is 13.2 Å². The van der Waals surface area contributed by atoms with E-state index in [1.54, 1.807) is 18.2 Å². The maximum absolute atomic E-state index is 12.2. The molecule has 0 unspecified atom stereocenters. The zero-order chi connectivity index (χ0) is 15.3. The summed E-state index contributed by atoms with van der Waals surface area (Å²) in [6.45, 7) is -0.743. The van der Waals surface area contributed by atoms with Crippen molar-refractivity contribution in [3.63, 3.8) is 0 Å². The lowest BCUT2D eigenvalue weighted by molar-refractivity contribution is -0.162. The van der Waals surface area contributed by atoms with Gasteiger partial charge in [-0.15, -0.1) is 0 Å². The van der Waals surface area contributed by atoms with Crippen molar-refractivity contribution < 1.29 is 22.8 Å². The molecular weight excluding hydrogens is 275 g/mol. The van der Waals surface area contributed by atoms with Crippen molar-refractivity contribution in [3.8, 4) is 0 Å². The number of nitrogens with two attached hydrogens (primary N) is 2. The van der Waals surface area contributed by atoms with E-state index in [1.807, 2.05) is 0 Å². The third-order valence-corrected chi connectivity index (χ3v) is 2.38. The van der Waals surface area contributed by atoms with E-state index < -0.39 is 31.0 Å². The van der Waals surface area contributed by atoms with E-state index in [9.17, 15) is 22.8 Å². The third-order valence-electron chi connectivity index (χ3n) is 2.38. The van der Waals surface area contributed by atoms with Gasteiger partial charge in [-0.25, -0.2) is 0 Å². The van der Waals surface area contributed by atoms with Crippen LogP contribution in [0, 0.1) is 0 Å². The van der Waals surface area contributed by atoms with Crippen molar-refractivity contribution >= 4 is 17.5 Å². The average molecular weight is 289 g/mol. The highest BCUT2D eigenvalue weighted by molar-refractivity contribution is 5.84. The number of benzene rings is 1. The average Bonchev–Trinajstić information content (AvgIpc) is 2.25. The second-order valence-electron chi connectivity index (χ2n) is 4.25. The molecule has 5 nitrogen and oxygen atoms in total. The van der Waals surface area contributed by atoms with Gasteiger partial charge in [-0.1, -0.05) is 12.1 Å². The molecule has 20 heavy (non-hydrogen) atoms. The van der Waals surface area contributed by atoms with E-state index in [0.29, 0.717) is 11.3 Å². The zero-order valence-electron chi connectivity index (χ0n) is 10.5. The van der Waals surface area contributed by atoms with Crippen LogP contribution in [0.1, 0.15) is 12.0 Å². The molecular formula is C12H14F3N3O2. The Labute approximate surface area is 113 Å². The number of nitrogens with zero attached hydrogens (tertiary/aromatic N) is 1. The van der Waals surface area contributed by atoms with Crippen molar-refractivity contribution in [2.45, 2.75) is 19.1 Å². The van der Waals surface area contributed by atoms with Gasteiger partial charge in [0.25, 0.3) is 0 Å². The molecule has 0 atom stereocenters. The minimum Gasteiger partial charge on any atom is -0.399 e. The molecule has 8 heteroatoms. The first-order chi connectivity index (χ1) is 9.17. The van der Waals surface area contributed by atoms with Gasteiger partial charge in [0.2, 0.25) is 11.8 Å². The van der Waals surface area contributed by atoms with Gasteiger partial charge < -0.3 is 16.4 Å². The molecule has 0 aliphatic carbocycles. The lowest BCUT2D eigenvalue weighted by Gasteiger charge is -2.22. The molecule has 4 N–H and O–H groups in total. The number of carbonyl (C=O) groups is 2.